The lowest BCUT2D eigenvalue weighted by molar-refractivity contribution is -0.136. The van der Waals surface area contributed by atoms with Crippen molar-refractivity contribution in [3.8, 4) is 0 Å². The highest BCUT2D eigenvalue weighted by Gasteiger charge is 2.12. The van der Waals surface area contributed by atoms with Gasteiger partial charge in [0, 0.05) is 5.57 Å². The fraction of sp³-hybridized carbons (Fsp3) is 0.200. The minimum atomic E-state index is -1.30. The van der Waals surface area contributed by atoms with E-state index in [2.05, 4.69) is 15.4 Å². The van der Waals surface area contributed by atoms with Crippen LogP contribution in [0.25, 0.3) is 0 Å². The number of hydrogen-bond acceptors (Lipinski definition) is 6. The van der Waals surface area contributed by atoms with E-state index < -0.39 is 31.8 Å². The van der Waals surface area contributed by atoms with Gasteiger partial charge in [0.05, 0.1) is 6.42 Å². The number of nitrogens with two attached hydrogens (primary N) is 2. The van der Waals surface area contributed by atoms with Gasteiger partial charge in [0.15, 0.2) is 0 Å². The Morgan fingerprint density at radius 3 is 2.23 bits per heavy atom. The van der Waals surface area contributed by atoms with Crippen LogP contribution in [0.3, 0.4) is 0 Å². The first-order valence-electron chi connectivity index (χ1n) is 3.52. The fourth-order valence-electron chi connectivity index (χ4n) is 0.568. The van der Waals surface area contributed by atoms with E-state index >= 15 is 0 Å². The number of rotatable bonds is 5. The molecule has 74 valence electrons. The highest BCUT2D eigenvalue weighted by atomic mass is 28.2. The average Bonchev–Trinajstić information content (AvgIpc) is 2.05. The third-order valence-electron chi connectivity index (χ3n) is 1.11. The molecule has 0 rings (SSSR count). The Morgan fingerprint density at radius 2 is 1.77 bits per heavy atom. The van der Waals surface area contributed by atoms with Crippen molar-refractivity contribution in [2.45, 2.75) is 6.42 Å². The molecule has 0 unspecified atom stereocenters. The summed E-state index contributed by atoms with van der Waals surface area (Å²) in [6.07, 6.45) is -0.183. The quantitative estimate of drug-likeness (QED) is 0.376. The van der Waals surface area contributed by atoms with Crippen LogP contribution >= 0.6 is 0 Å². The molecule has 0 spiro atoms. The second kappa shape index (κ2) is 6.54. The monoisotopic (exact) mass is 220 g/mol. The first-order valence-corrected chi connectivity index (χ1v) is 6.31. The van der Waals surface area contributed by atoms with Crippen molar-refractivity contribution in [2.24, 2.45) is 10.8 Å². The minimum absolute atomic E-state index is 0.0467. The summed E-state index contributed by atoms with van der Waals surface area (Å²) >= 11 is 0. The van der Waals surface area contributed by atoms with Crippen molar-refractivity contribution in [1.29, 1.82) is 0 Å². The highest BCUT2D eigenvalue weighted by Crippen LogP contribution is 2.01. The van der Waals surface area contributed by atoms with E-state index in [-0.39, 0.29) is 12.0 Å². The summed E-state index contributed by atoms with van der Waals surface area (Å²) in [6.45, 7) is 3.36. The summed E-state index contributed by atoms with van der Waals surface area (Å²) in [6, 6.07) is 0. The Bertz CT molecular complexity index is 221. The van der Waals surface area contributed by atoms with Crippen LogP contribution < -0.4 is 10.8 Å². The molecule has 0 aromatic carbocycles. The van der Waals surface area contributed by atoms with Crippen LogP contribution in [-0.2, 0) is 18.4 Å². The molecule has 4 N–H and O–H groups in total. The van der Waals surface area contributed by atoms with Gasteiger partial charge in [0.2, 0.25) is 0 Å². The molecule has 13 heavy (non-hydrogen) atoms. The van der Waals surface area contributed by atoms with Gasteiger partial charge in [0.25, 0.3) is 25.8 Å². The van der Waals surface area contributed by atoms with Gasteiger partial charge >= 0.3 is 5.97 Å². The van der Waals surface area contributed by atoms with E-state index in [1.165, 1.54) is 0 Å². The number of carbonyl (C=O) groups excluding carboxylic acids is 2. The summed E-state index contributed by atoms with van der Waals surface area (Å²) in [7, 11) is -2.57. The number of carbonyl (C=O) groups is 2. The minimum Gasteiger partial charge on any atom is -0.511 e. The third-order valence-corrected chi connectivity index (χ3v) is 2.02. The SMILES string of the molecule is C=C(CC(=O)O[SiH2]N)C(=O)O[SiH2]N. The molecule has 6 nitrogen and oxygen atoms in total. The summed E-state index contributed by atoms with van der Waals surface area (Å²) in [4.78, 5) is 21.7. The van der Waals surface area contributed by atoms with Gasteiger partial charge in [-0.2, -0.15) is 0 Å². The molecule has 0 aliphatic rings. The molecule has 0 bridgehead atoms. The second-order valence-electron chi connectivity index (χ2n) is 2.06. The maximum absolute atomic E-state index is 10.9. The van der Waals surface area contributed by atoms with Crippen LogP contribution in [0.1, 0.15) is 6.42 Å². The standard InChI is InChI=1S/C5H12N2O4Si2/c1-3(5(9)11-13-7)2-4(8)10-12-6/h1-2,6-7,12-13H2. The van der Waals surface area contributed by atoms with Crippen molar-refractivity contribution >= 4 is 31.8 Å². The smallest absolute Gasteiger partial charge is 0.321 e. The molecule has 0 atom stereocenters. The van der Waals surface area contributed by atoms with Crippen molar-refractivity contribution in [1.82, 2.24) is 0 Å². The zero-order valence-corrected chi connectivity index (χ0v) is 9.94. The molecule has 0 radical (unpaired) electrons. The summed E-state index contributed by atoms with van der Waals surface area (Å²) in [5.41, 5.74) is 0.0467. The topological polar surface area (TPSA) is 105 Å². The molecule has 0 aliphatic heterocycles. The fourth-order valence-corrected chi connectivity index (χ4v) is 1.21. The van der Waals surface area contributed by atoms with E-state index in [0.29, 0.717) is 0 Å². The first kappa shape index (κ1) is 12.0. The first-order chi connectivity index (χ1) is 6.11. The van der Waals surface area contributed by atoms with E-state index in [0.717, 1.165) is 0 Å². The Labute approximate surface area is 80.3 Å². The zero-order valence-electron chi connectivity index (χ0n) is 7.12. The van der Waals surface area contributed by atoms with Gasteiger partial charge in [-0.25, -0.2) is 4.79 Å². The third kappa shape index (κ3) is 5.30. The van der Waals surface area contributed by atoms with Crippen LogP contribution in [0, 0.1) is 0 Å². The average molecular weight is 220 g/mol. The summed E-state index contributed by atoms with van der Waals surface area (Å²) in [5, 5.41) is 10.2. The van der Waals surface area contributed by atoms with Gasteiger partial charge in [-0.1, -0.05) is 6.58 Å². The molecular weight excluding hydrogens is 208 g/mol. The lowest BCUT2D eigenvalue weighted by atomic mass is 10.2. The zero-order chi connectivity index (χ0) is 10.3. The predicted molar refractivity (Wildman–Crippen MR) is 51.4 cm³/mol. The highest BCUT2D eigenvalue weighted by molar-refractivity contribution is 6.28. The van der Waals surface area contributed by atoms with Crippen LogP contribution in [0.5, 0.6) is 0 Å². The van der Waals surface area contributed by atoms with Crippen LogP contribution in [0.15, 0.2) is 12.2 Å². The van der Waals surface area contributed by atoms with Gasteiger partial charge in [0.1, 0.15) is 0 Å². The number of hydrogen-bond donors (Lipinski definition) is 2. The molecule has 0 amide bonds. The lowest BCUT2D eigenvalue weighted by Crippen LogP contribution is -2.21. The summed E-state index contributed by atoms with van der Waals surface area (Å²) in [5.74, 6) is -1.18. The lowest BCUT2D eigenvalue weighted by Gasteiger charge is -2.04. The molecule has 8 heteroatoms. The van der Waals surface area contributed by atoms with E-state index in [1.807, 2.05) is 0 Å². The maximum atomic E-state index is 10.9. The van der Waals surface area contributed by atoms with Gasteiger partial charge in [-0.05, 0) is 0 Å². The Kier molecular flexibility index (Phi) is 6.05. The van der Waals surface area contributed by atoms with Crippen LogP contribution in [0.2, 0.25) is 0 Å². The van der Waals surface area contributed by atoms with Crippen molar-refractivity contribution in [3.05, 3.63) is 12.2 Å². The molecule has 0 saturated heterocycles. The van der Waals surface area contributed by atoms with Gasteiger partial charge < -0.3 is 19.7 Å². The Hall–Kier alpha value is -0.966. The molecule has 0 heterocycles. The van der Waals surface area contributed by atoms with Crippen molar-refractivity contribution in [2.75, 3.05) is 0 Å². The molecule has 0 aromatic rings. The Balaban J connectivity index is 3.86. The van der Waals surface area contributed by atoms with E-state index in [1.54, 1.807) is 0 Å². The molecular formula is C5H12N2O4Si2. The van der Waals surface area contributed by atoms with Gasteiger partial charge in [-0.3, -0.25) is 4.79 Å². The van der Waals surface area contributed by atoms with Gasteiger partial charge in [-0.15, -0.1) is 0 Å². The molecule has 0 saturated carbocycles. The van der Waals surface area contributed by atoms with Crippen LogP contribution in [0.4, 0.5) is 0 Å². The second-order valence-corrected chi connectivity index (χ2v) is 3.31. The Morgan fingerprint density at radius 1 is 1.23 bits per heavy atom. The predicted octanol–water partition coefficient (Wildman–Crippen LogP) is -3.07. The largest absolute Gasteiger partial charge is 0.511 e. The molecule has 0 fully saturated rings. The van der Waals surface area contributed by atoms with Crippen LogP contribution in [-0.4, -0.2) is 31.8 Å². The normalized spacial score (nSPS) is 10.9. The maximum Gasteiger partial charge on any atom is 0.321 e. The van der Waals surface area contributed by atoms with Crippen molar-refractivity contribution < 1.29 is 18.4 Å². The van der Waals surface area contributed by atoms with Crippen molar-refractivity contribution in [3.63, 3.8) is 0 Å². The molecule has 0 aliphatic carbocycles. The summed E-state index contributed by atoms with van der Waals surface area (Å²) < 4.78 is 9.06. The van der Waals surface area contributed by atoms with E-state index in [9.17, 15) is 9.59 Å². The van der Waals surface area contributed by atoms with E-state index in [4.69, 9.17) is 10.8 Å². The molecule has 0 aromatic heterocycles.